The molecule has 0 bridgehead atoms. The van der Waals surface area contributed by atoms with Gasteiger partial charge in [0.05, 0.1) is 12.0 Å². The van der Waals surface area contributed by atoms with Crippen LogP contribution in [-0.2, 0) is 6.42 Å². The number of methoxy groups -OCH3 is 1. The maximum Gasteiger partial charge on any atom is 0.309 e. The standard InChI is InChI=1S/C15H17ClN2O3/c1-8(2)7-10-15(18(19)20)13(16)12-9(3)5-6-11(21-4)14(12)17-10/h5-6,8H,7H2,1-4H3. The Kier molecular flexibility index (Phi) is 4.32. The largest absolute Gasteiger partial charge is 0.494 e. The van der Waals surface area contributed by atoms with Crippen LogP contribution in [0.1, 0.15) is 25.1 Å². The Morgan fingerprint density at radius 2 is 2.10 bits per heavy atom. The summed E-state index contributed by atoms with van der Waals surface area (Å²) >= 11 is 6.32. The molecule has 21 heavy (non-hydrogen) atoms. The van der Waals surface area contributed by atoms with E-state index in [1.807, 2.05) is 26.8 Å². The van der Waals surface area contributed by atoms with Gasteiger partial charge in [0.1, 0.15) is 22.0 Å². The van der Waals surface area contributed by atoms with Crippen LogP contribution in [0.5, 0.6) is 5.75 Å². The van der Waals surface area contributed by atoms with Gasteiger partial charge in [0.25, 0.3) is 0 Å². The summed E-state index contributed by atoms with van der Waals surface area (Å²) in [4.78, 5) is 15.4. The number of ether oxygens (including phenoxy) is 1. The highest BCUT2D eigenvalue weighted by molar-refractivity contribution is 6.38. The number of pyridine rings is 1. The summed E-state index contributed by atoms with van der Waals surface area (Å²) in [6, 6.07) is 3.62. The van der Waals surface area contributed by atoms with Crippen LogP contribution in [0.15, 0.2) is 12.1 Å². The van der Waals surface area contributed by atoms with Gasteiger partial charge in [0.2, 0.25) is 0 Å². The first-order chi connectivity index (χ1) is 9.86. The molecule has 0 saturated carbocycles. The minimum atomic E-state index is -0.453. The number of fused-ring (bicyclic) bond motifs is 1. The summed E-state index contributed by atoms with van der Waals surface area (Å²) < 4.78 is 5.31. The van der Waals surface area contributed by atoms with Gasteiger partial charge in [-0.3, -0.25) is 10.1 Å². The maximum absolute atomic E-state index is 11.4. The molecule has 1 aromatic carbocycles. The Hall–Kier alpha value is -1.88. The maximum atomic E-state index is 11.4. The molecule has 0 N–H and O–H groups in total. The normalized spacial score (nSPS) is 11.1. The van der Waals surface area contributed by atoms with E-state index in [1.54, 1.807) is 13.2 Å². The molecule has 1 aromatic heterocycles. The highest BCUT2D eigenvalue weighted by Crippen LogP contribution is 2.39. The number of hydrogen-bond acceptors (Lipinski definition) is 4. The van der Waals surface area contributed by atoms with E-state index < -0.39 is 4.92 Å². The van der Waals surface area contributed by atoms with Crippen LogP contribution in [0.25, 0.3) is 10.9 Å². The predicted octanol–water partition coefficient (Wildman–Crippen LogP) is 4.31. The molecule has 1 heterocycles. The smallest absolute Gasteiger partial charge is 0.309 e. The minimum Gasteiger partial charge on any atom is -0.494 e. The fraction of sp³-hybridized carbons (Fsp3) is 0.400. The minimum absolute atomic E-state index is 0.103. The fourth-order valence-electron chi connectivity index (χ4n) is 2.37. The zero-order chi connectivity index (χ0) is 15.7. The molecule has 0 spiro atoms. The molecule has 2 aromatic rings. The molecule has 0 saturated heterocycles. The Morgan fingerprint density at radius 1 is 1.43 bits per heavy atom. The van der Waals surface area contributed by atoms with Gasteiger partial charge < -0.3 is 4.74 Å². The van der Waals surface area contributed by atoms with Crippen molar-refractivity contribution in [3.05, 3.63) is 38.5 Å². The molecule has 0 unspecified atom stereocenters. The van der Waals surface area contributed by atoms with E-state index >= 15 is 0 Å². The third kappa shape index (κ3) is 2.78. The van der Waals surface area contributed by atoms with E-state index in [2.05, 4.69) is 4.98 Å². The molecule has 112 valence electrons. The highest BCUT2D eigenvalue weighted by Gasteiger charge is 2.26. The molecule has 5 nitrogen and oxygen atoms in total. The number of hydrogen-bond donors (Lipinski definition) is 0. The number of rotatable bonds is 4. The van der Waals surface area contributed by atoms with Gasteiger partial charge in [-0.05, 0) is 30.9 Å². The van der Waals surface area contributed by atoms with Crippen molar-refractivity contribution in [1.29, 1.82) is 0 Å². The molecule has 0 aliphatic carbocycles. The van der Waals surface area contributed by atoms with E-state index in [9.17, 15) is 10.1 Å². The second-order valence-electron chi connectivity index (χ2n) is 5.38. The molecule has 0 aliphatic heterocycles. The number of halogens is 1. The first-order valence-electron chi connectivity index (χ1n) is 6.66. The van der Waals surface area contributed by atoms with E-state index in [-0.39, 0.29) is 16.6 Å². The molecule has 0 radical (unpaired) electrons. The number of aromatic nitrogens is 1. The van der Waals surface area contributed by atoms with Crippen LogP contribution < -0.4 is 4.74 Å². The third-order valence-electron chi connectivity index (χ3n) is 3.30. The molecule has 0 aliphatic rings. The van der Waals surface area contributed by atoms with Gasteiger partial charge in [-0.25, -0.2) is 4.98 Å². The zero-order valence-electron chi connectivity index (χ0n) is 12.4. The molecule has 0 fully saturated rings. The zero-order valence-corrected chi connectivity index (χ0v) is 13.2. The van der Waals surface area contributed by atoms with Crippen molar-refractivity contribution in [2.45, 2.75) is 27.2 Å². The highest BCUT2D eigenvalue weighted by atomic mass is 35.5. The topological polar surface area (TPSA) is 65.3 Å². The van der Waals surface area contributed by atoms with E-state index in [0.29, 0.717) is 28.8 Å². The van der Waals surface area contributed by atoms with E-state index in [4.69, 9.17) is 16.3 Å². The van der Waals surface area contributed by atoms with Crippen molar-refractivity contribution in [2.75, 3.05) is 7.11 Å². The predicted molar refractivity (Wildman–Crippen MR) is 83.2 cm³/mol. The van der Waals surface area contributed by atoms with Crippen molar-refractivity contribution in [3.8, 4) is 5.75 Å². The summed E-state index contributed by atoms with van der Waals surface area (Å²) in [6.45, 7) is 5.81. The quantitative estimate of drug-likeness (QED) is 0.623. The van der Waals surface area contributed by atoms with Crippen LogP contribution in [0, 0.1) is 23.0 Å². The lowest BCUT2D eigenvalue weighted by atomic mass is 10.0. The van der Waals surface area contributed by atoms with Crippen LogP contribution in [-0.4, -0.2) is 17.0 Å². The monoisotopic (exact) mass is 308 g/mol. The molecule has 0 amide bonds. The molecule has 2 rings (SSSR count). The Bertz CT molecular complexity index is 714. The summed E-state index contributed by atoms with van der Waals surface area (Å²) in [7, 11) is 1.54. The van der Waals surface area contributed by atoms with Gasteiger partial charge in [-0.1, -0.05) is 31.5 Å². The SMILES string of the molecule is COc1ccc(C)c2c(Cl)c([N+](=O)[O-])c(CC(C)C)nc12. The lowest BCUT2D eigenvalue weighted by molar-refractivity contribution is -0.385. The average Bonchev–Trinajstić information content (AvgIpc) is 2.37. The number of nitro groups is 1. The van der Waals surface area contributed by atoms with Gasteiger partial charge in [0.15, 0.2) is 0 Å². The summed E-state index contributed by atoms with van der Waals surface area (Å²) in [5.41, 5.74) is 1.71. The van der Waals surface area contributed by atoms with Crippen LogP contribution in [0.4, 0.5) is 5.69 Å². The van der Waals surface area contributed by atoms with E-state index in [0.717, 1.165) is 5.56 Å². The van der Waals surface area contributed by atoms with E-state index in [1.165, 1.54) is 0 Å². The van der Waals surface area contributed by atoms with Gasteiger partial charge in [-0.2, -0.15) is 0 Å². The Balaban J connectivity index is 2.90. The van der Waals surface area contributed by atoms with Crippen molar-refractivity contribution in [2.24, 2.45) is 5.92 Å². The number of benzene rings is 1. The van der Waals surface area contributed by atoms with Crippen molar-refractivity contribution < 1.29 is 9.66 Å². The average molecular weight is 309 g/mol. The lowest BCUT2D eigenvalue weighted by Crippen LogP contribution is -2.05. The second kappa shape index (κ2) is 5.85. The Labute approximate surface area is 128 Å². The van der Waals surface area contributed by atoms with Gasteiger partial charge >= 0.3 is 5.69 Å². The van der Waals surface area contributed by atoms with Crippen LogP contribution in [0.3, 0.4) is 0 Å². The summed E-state index contributed by atoms with van der Waals surface area (Å²) in [5, 5.41) is 12.1. The first-order valence-corrected chi connectivity index (χ1v) is 7.04. The number of aryl methyl sites for hydroxylation is 1. The number of nitrogens with zero attached hydrogens (tertiary/aromatic N) is 2. The van der Waals surface area contributed by atoms with Crippen LogP contribution in [0.2, 0.25) is 5.02 Å². The lowest BCUT2D eigenvalue weighted by Gasteiger charge is -2.13. The van der Waals surface area contributed by atoms with Gasteiger partial charge in [-0.15, -0.1) is 0 Å². The van der Waals surface area contributed by atoms with Crippen molar-refractivity contribution in [1.82, 2.24) is 4.98 Å². The third-order valence-corrected chi connectivity index (χ3v) is 3.67. The summed E-state index contributed by atoms with van der Waals surface area (Å²) in [6.07, 6.45) is 0.489. The molecule has 0 atom stereocenters. The van der Waals surface area contributed by atoms with Crippen molar-refractivity contribution >= 4 is 28.2 Å². The van der Waals surface area contributed by atoms with Crippen LogP contribution >= 0.6 is 11.6 Å². The first kappa shape index (κ1) is 15.5. The molecular formula is C15H17ClN2O3. The Morgan fingerprint density at radius 3 is 2.62 bits per heavy atom. The van der Waals surface area contributed by atoms with Crippen molar-refractivity contribution in [3.63, 3.8) is 0 Å². The molecule has 6 heteroatoms. The fourth-order valence-corrected chi connectivity index (χ4v) is 2.79. The summed E-state index contributed by atoms with van der Waals surface area (Å²) in [5.74, 6) is 0.804. The van der Waals surface area contributed by atoms with Gasteiger partial charge in [0, 0.05) is 5.39 Å². The second-order valence-corrected chi connectivity index (χ2v) is 5.76. The molecular weight excluding hydrogens is 292 g/mol.